The van der Waals surface area contributed by atoms with Crippen molar-refractivity contribution in [1.82, 2.24) is 9.97 Å². The third kappa shape index (κ3) is 3.31. The second-order valence-corrected chi connectivity index (χ2v) is 6.67. The van der Waals surface area contributed by atoms with Crippen molar-refractivity contribution in [3.05, 3.63) is 77.1 Å². The summed E-state index contributed by atoms with van der Waals surface area (Å²) < 4.78 is 6.03. The summed E-state index contributed by atoms with van der Waals surface area (Å²) in [5.74, 6) is 0.368. The second kappa shape index (κ2) is 6.68. The molecule has 4 rings (SSSR count). The monoisotopic (exact) mass is 357 g/mol. The molecule has 0 radical (unpaired) electrons. The SMILES string of the molecule is Cc1cc(C)c2oc(-c3cc(NC(=O)c4ccncc4)ccc3C)nc2c1. The topological polar surface area (TPSA) is 68.0 Å². The first kappa shape index (κ1) is 17.0. The van der Waals surface area contributed by atoms with E-state index >= 15 is 0 Å². The van der Waals surface area contributed by atoms with Gasteiger partial charge in [0.25, 0.3) is 5.91 Å². The fourth-order valence-corrected chi connectivity index (χ4v) is 3.13. The van der Waals surface area contributed by atoms with Gasteiger partial charge in [-0.05, 0) is 67.8 Å². The number of hydrogen-bond donors (Lipinski definition) is 1. The van der Waals surface area contributed by atoms with E-state index in [1.807, 2.05) is 45.0 Å². The highest BCUT2D eigenvalue weighted by Crippen LogP contribution is 2.31. The number of anilines is 1. The second-order valence-electron chi connectivity index (χ2n) is 6.67. The van der Waals surface area contributed by atoms with E-state index in [1.165, 1.54) is 0 Å². The van der Waals surface area contributed by atoms with Gasteiger partial charge in [0.15, 0.2) is 5.58 Å². The first-order valence-corrected chi connectivity index (χ1v) is 8.71. The molecule has 5 heteroatoms. The van der Waals surface area contributed by atoms with E-state index in [1.54, 1.807) is 24.5 Å². The first-order chi connectivity index (χ1) is 13.0. The van der Waals surface area contributed by atoms with Gasteiger partial charge in [-0.15, -0.1) is 0 Å². The average molecular weight is 357 g/mol. The molecule has 27 heavy (non-hydrogen) atoms. The van der Waals surface area contributed by atoms with Crippen molar-refractivity contribution in [2.75, 3.05) is 5.32 Å². The lowest BCUT2D eigenvalue weighted by molar-refractivity contribution is 0.102. The Morgan fingerprint density at radius 2 is 1.74 bits per heavy atom. The molecule has 2 aromatic carbocycles. The van der Waals surface area contributed by atoms with Crippen LogP contribution in [0.3, 0.4) is 0 Å². The van der Waals surface area contributed by atoms with Crippen molar-refractivity contribution < 1.29 is 9.21 Å². The number of aromatic nitrogens is 2. The van der Waals surface area contributed by atoms with E-state index in [0.717, 1.165) is 33.4 Å². The highest BCUT2D eigenvalue weighted by atomic mass is 16.3. The Morgan fingerprint density at radius 3 is 2.52 bits per heavy atom. The van der Waals surface area contributed by atoms with Crippen LogP contribution in [0, 0.1) is 20.8 Å². The molecular weight excluding hydrogens is 338 g/mol. The highest BCUT2D eigenvalue weighted by Gasteiger charge is 2.14. The fraction of sp³-hybridized carbons (Fsp3) is 0.136. The smallest absolute Gasteiger partial charge is 0.255 e. The molecule has 0 saturated carbocycles. The Morgan fingerprint density at radius 1 is 0.963 bits per heavy atom. The lowest BCUT2D eigenvalue weighted by Gasteiger charge is -2.08. The van der Waals surface area contributed by atoms with Gasteiger partial charge in [0.2, 0.25) is 5.89 Å². The number of carbonyl (C=O) groups is 1. The number of aryl methyl sites for hydroxylation is 3. The van der Waals surface area contributed by atoms with Crippen LogP contribution in [0.2, 0.25) is 0 Å². The van der Waals surface area contributed by atoms with Crippen LogP contribution in [-0.2, 0) is 0 Å². The van der Waals surface area contributed by atoms with Crippen molar-refractivity contribution in [2.45, 2.75) is 20.8 Å². The zero-order chi connectivity index (χ0) is 19.0. The predicted octanol–water partition coefficient (Wildman–Crippen LogP) is 5.07. The van der Waals surface area contributed by atoms with Crippen molar-refractivity contribution >= 4 is 22.7 Å². The molecular formula is C22H19N3O2. The minimum absolute atomic E-state index is 0.184. The molecule has 0 atom stereocenters. The number of nitrogens with zero attached hydrogens (tertiary/aromatic N) is 2. The molecule has 0 saturated heterocycles. The maximum absolute atomic E-state index is 12.4. The van der Waals surface area contributed by atoms with Gasteiger partial charge in [-0.2, -0.15) is 0 Å². The van der Waals surface area contributed by atoms with E-state index in [9.17, 15) is 4.79 Å². The molecule has 0 fully saturated rings. The summed E-state index contributed by atoms with van der Waals surface area (Å²) in [5.41, 5.74) is 6.97. The van der Waals surface area contributed by atoms with E-state index in [2.05, 4.69) is 21.4 Å². The van der Waals surface area contributed by atoms with E-state index in [-0.39, 0.29) is 5.91 Å². The lowest BCUT2D eigenvalue weighted by atomic mass is 10.1. The number of carbonyl (C=O) groups excluding carboxylic acids is 1. The molecule has 2 aromatic heterocycles. The Labute approximate surface area is 157 Å². The maximum atomic E-state index is 12.4. The van der Waals surface area contributed by atoms with Crippen LogP contribution in [0.4, 0.5) is 5.69 Å². The average Bonchev–Trinajstić information content (AvgIpc) is 3.08. The molecule has 0 spiro atoms. The van der Waals surface area contributed by atoms with Crippen molar-refractivity contribution in [2.24, 2.45) is 0 Å². The number of nitrogens with one attached hydrogen (secondary N) is 1. The standard InChI is InChI=1S/C22H19N3O2/c1-13-10-15(3)20-19(11-13)25-22(27-20)18-12-17(5-4-14(18)2)24-21(26)16-6-8-23-9-7-16/h4-12H,1-3H3,(H,24,26). The molecule has 1 amide bonds. The van der Waals surface area contributed by atoms with Crippen molar-refractivity contribution in [3.8, 4) is 11.5 Å². The molecule has 0 bridgehead atoms. The quantitative estimate of drug-likeness (QED) is 0.556. The van der Waals surface area contributed by atoms with Gasteiger partial charge in [0.05, 0.1) is 0 Å². The number of fused-ring (bicyclic) bond motifs is 1. The maximum Gasteiger partial charge on any atom is 0.255 e. The summed E-state index contributed by atoms with van der Waals surface area (Å²) in [6, 6.07) is 13.2. The molecule has 2 heterocycles. The number of rotatable bonds is 3. The molecule has 0 aliphatic carbocycles. The zero-order valence-corrected chi connectivity index (χ0v) is 15.4. The molecule has 1 N–H and O–H groups in total. The minimum atomic E-state index is -0.184. The van der Waals surface area contributed by atoms with Gasteiger partial charge >= 0.3 is 0 Å². The number of oxazole rings is 1. The highest BCUT2D eigenvalue weighted by molar-refractivity contribution is 6.04. The van der Waals surface area contributed by atoms with E-state index < -0.39 is 0 Å². The molecule has 0 unspecified atom stereocenters. The minimum Gasteiger partial charge on any atom is -0.436 e. The lowest BCUT2D eigenvalue weighted by Crippen LogP contribution is -2.11. The Hall–Kier alpha value is -3.47. The summed E-state index contributed by atoms with van der Waals surface area (Å²) in [7, 11) is 0. The van der Waals surface area contributed by atoms with Gasteiger partial charge in [-0.3, -0.25) is 9.78 Å². The van der Waals surface area contributed by atoms with Crippen LogP contribution in [0.5, 0.6) is 0 Å². The van der Waals surface area contributed by atoms with Crippen molar-refractivity contribution in [1.29, 1.82) is 0 Å². The molecule has 5 nitrogen and oxygen atoms in total. The van der Waals surface area contributed by atoms with E-state index in [0.29, 0.717) is 17.1 Å². The van der Waals surface area contributed by atoms with Gasteiger partial charge in [0.1, 0.15) is 5.52 Å². The third-order valence-corrected chi connectivity index (χ3v) is 4.49. The number of hydrogen-bond acceptors (Lipinski definition) is 4. The van der Waals surface area contributed by atoms with Crippen LogP contribution in [0.1, 0.15) is 27.0 Å². The molecule has 0 aliphatic heterocycles. The Balaban J connectivity index is 1.71. The molecule has 4 aromatic rings. The van der Waals surface area contributed by atoms with Gasteiger partial charge in [-0.1, -0.05) is 12.1 Å². The van der Waals surface area contributed by atoms with Crippen LogP contribution < -0.4 is 5.32 Å². The first-order valence-electron chi connectivity index (χ1n) is 8.71. The summed E-state index contributed by atoms with van der Waals surface area (Å²) in [5, 5.41) is 2.91. The Bertz CT molecular complexity index is 1150. The summed E-state index contributed by atoms with van der Waals surface area (Å²) >= 11 is 0. The predicted molar refractivity (Wildman–Crippen MR) is 106 cm³/mol. The third-order valence-electron chi connectivity index (χ3n) is 4.49. The normalized spacial score (nSPS) is 10.9. The molecule has 134 valence electrons. The van der Waals surface area contributed by atoms with Crippen LogP contribution in [-0.4, -0.2) is 15.9 Å². The van der Waals surface area contributed by atoms with Gasteiger partial charge in [0, 0.05) is 29.2 Å². The van der Waals surface area contributed by atoms with E-state index in [4.69, 9.17) is 4.42 Å². The van der Waals surface area contributed by atoms with Gasteiger partial charge in [-0.25, -0.2) is 4.98 Å². The summed E-state index contributed by atoms with van der Waals surface area (Å²) in [6.45, 7) is 6.06. The van der Waals surface area contributed by atoms with Crippen LogP contribution >= 0.6 is 0 Å². The van der Waals surface area contributed by atoms with Crippen LogP contribution in [0.25, 0.3) is 22.6 Å². The number of benzene rings is 2. The van der Waals surface area contributed by atoms with Crippen molar-refractivity contribution in [3.63, 3.8) is 0 Å². The van der Waals surface area contributed by atoms with Crippen LogP contribution in [0.15, 0.2) is 59.3 Å². The fourth-order valence-electron chi connectivity index (χ4n) is 3.13. The Kier molecular flexibility index (Phi) is 4.20. The summed E-state index contributed by atoms with van der Waals surface area (Å²) in [4.78, 5) is 21.0. The number of amides is 1. The summed E-state index contributed by atoms with van der Waals surface area (Å²) in [6.07, 6.45) is 3.19. The van der Waals surface area contributed by atoms with Gasteiger partial charge < -0.3 is 9.73 Å². The zero-order valence-electron chi connectivity index (χ0n) is 15.4. The largest absolute Gasteiger partial charge is 0.436 e. The number of pyridine rings is 1. The molecule has 0 aliphatic rings.